The summed E-state index contributed by atoms with van der Waals surface area (Å²) in [4.78, 5) is 37.7. The van der Waals surface area contributed by atoms with E-state index >= 15 is 0 Å². The van der Waals surface area contributed by atoms with Gasteiger partial charge in [0.15, 0.2) is 0 Å². The second-order valence-corrected chi connectivity index (χ2v) is 9.71. The molecule has 0 spiro atoms. The smallest absolute Gasteiger partial charge is 0.306 e. The Labute approximate surface area is 222 Å². The summed E-state index contributed by atoms with van der Waals surface area (Å²) in [5.41, 5.74) is 0.978. The maximum absolute atomic E-state index is 14.9. The van der Waals surface area contributed by atoms with Gasteiger partial charge < -0.3 is 15.7 Å². The highest BCUT2D eigenvalue weighted by molar-refractivity contribution is 5.98. The Kier molecular flexibility index (Phi) is 10.7. The molecule has 0 unspecified atom stereocenters. The molecule has 0 radical (unpaired) electrons. The van der Waals surface area contributed by atoms with Gasteiger partial charge in [-0.1, -0.05) is 56.0 Å². The second-order valence-electron chi connectivity index (χ2n) is 9.71. The summed E-state index contributed by atoms with van der Waals surface area (Å²) in [6.07, 6.45) is 7.00. The van der Waals surface area contributed by atoms with Crippen molar-refractivity contribution >= 4 is 23.4 Å². The quantitative estimate of drug-likeness (QED) is 0.322. The van der Waals surface area contributed by atoms with Gasteiger partial charge in [-0.15, -0.1) is 0 Å². The van der Waals surface area contributed by atoms with Crippen LogP contribution >= 0.6 is 0 Å². The molecule has 0 bridgehead atoms. The lowest BCUT2D eigenvalue weighted by molar-refractivity contribution is -0.141. The minimum absolute atomic E-state index is 0.200. The van der Waals surface area contributed by atoms with E-state index in [1.807, 2.05) is 0 Å². The number of amides is 2. The van der Waals surface area contributed by atoms with E-state index in [4.69, 9.17) is 0 Å². The fraction of sp³-hybridized carbons (Fsp3) is 0.300. The number of carbonyl (C=O) groups excluding carboxylic acids is 2. The summed E-state index contributed by atoms with van der Waals surface area (Å²) < 4.78 is 28.2. The van der Waals surface area contributed by atoms with Crippen LogP contribution in [0.15, 0.2) is 73.3 Å². The van der Waals surface area contributed by atoms with Crippen molar-refractivity contribution in [3.05, 3.63) is 102 Å². The summed E-state index contributed by atoms with van der Waals surface area (Å²) in [5.74, 6) is -4.70. The number of hydrogen-bond acceptors (Lipinski definition) is 3. The first kappa shape index (κ1) is 30.2. The third-order valence-corrected chi connectivity index (χ3v) is 5.92. The first-order valence-electron chi connectivity index (χ1n) is 12.2. The first-order valence-corrected chi connectivity index (χ1v) is 12.2. The van der Waals surface area contributed by atoms with Gasteiger partial charge in [0, 0.05) is 5.54 Å². The van der Waals surface area contributed by atoms with Crippen molar-refractivity contribution < 1.29 is 28.3 Å². The molecule has 2 aromatic carbocycles. The number of halogens is 2. The predicted molar refractivity (Wildman–Crippen MR) is 144 cm³/mol. The van der Waals surface area contributed by atoms with Gasteiger partial charge in [0.2, 0.25) is 5.91 Å². The molecule has 0 aliphatic carbocycles. The van der Waals surface area contributed by atoms with Crippen molar-refractivity contribution in [1.82, 2.24) is 10.6 Å². The minimum atomic E-state index is -1.23. The number of carboxylic acid groups (broad SMARTS) is 1. The normalized spacial score (nSPS) is 13.6. The second kappa shape index (κ2) is 13.5. The zero-order valence-electron chi connectivity index (χ0n) is 22.1. The number of carbonyl (C=O) groups is 3. The Bertz CT molecular complexity index is 1230. The van der Waals surface area contributed by atoms with Gasteiger partial charge in [0.25, 0.3) is 5.91 Å². The molecule has 2 rings (SSSR count). The van der Waals surface area contributed by atoms with Gasteiger partial charge in [0.05, 0.1) is 11.5 Å². The van der Waals surface area contributed by atoms with Crippen LogP contribution < -0.4 is 10.6 Å². The Morgan fingerprint density at radius 2 is 1.76 bits per heavy atom. The molecular weight excluding hydrogens is 490 g/mol. The van der Waals surface area contributed by atoms with Crippen LogP contribution in [0, 0.1) is 17.6 Å². The lowest BCUT2D eigenvalue weighted by Crippen LogP contribution is -2.54. The standard InChI is InChI=1S/C30H34F2N2O4/c1-6-8-9-21(7-2)22-12-15-24(25(32)17-22)27(35)33-26(16-19(3)29(37)38)28(36)34-30(4,5)18-20-10-13-23(31)14-11-20/h6-15,17,19,26H,1,16,18H2,2-5H3,(H,33,35)(H,34,36)(H,37,38)/b9-8-,21-7+/t19-,26-/m0/s1. The van der Waals surface area contributed by atoms with Crippen LogP contribution in [0.2, 0.25) is 0 Å². The fourth-order valence-corrected chi connectivity index (χ4v) is 3.91. The summed E-state index contributed by atoms with van der Waals surface area (Å²) in [6.45, 7) is 10.3. The molecule has 0 aliphatic heterocycles. The van der Waals surface area contributed by atoms with Crippen molar-refractivity contribution in [2.75, 3.05) is 0 Å². The van der Waals surface area contributed by atoms with Gasteiger partial charge in [-0.2, -0.15) is 0 Å². The summed E-state index contributed by atoms with van der Waals surface area (Å²) >= 11 is 0. The van der Waals surface area contributed by atoms with E-state index in [1.165, 1.54) is 31.2 Å². The van der Waals surface area contributed by atoms with E-state index in [0.717, 1.165) is 11.1 Å². The molecule has 38 heavy (non-hydrogen) atoms. The molecule has 0 heterocycles. The molecule has 202 valence electrons. The summed E-state index contributed by atoms with van der Waals surface area (Å²) in [6, 6.07) is 8.74. The molecule has 8 heteroatoms. The number of carboxylic acids is 1. The molecule has 2 atom stereocenters. The number of nitrogens with one attached hydrogen (secondary N) is 2. The topological polar surface area (TPSA) is 95.5 Å². The van der Waals surface area contributed by atoms with Crippen LogP contribution in [0.3, 0.4) is 0 Å². The minimum Gasteiger partial charge on any atom is -0.481 e. The van der Waals surface area contributed by atoms with Crippen LogP contribution in [-0.2, 0) is 16.0 Å². The van der Waals surface area contributed by atoms with Crippen molar-refractivity contribution in [3.63, 3.8) is 0 Å². The number of allylic oxidation sites excluding steroid dienone is 5. The highest BCUT2D eigenvalue weighted by Crippen LogP contribution is 2.20. The lowest BCUT2D eigenvalue weighted by atomic mass is 9.93. The zero-order chi connectivity index (χ0) is 28.5. The van der Waals surface area contributed by atoms with E-state index in [9.17, 15) is 28.3 Å². The van der Waals surface area contributed by atoms with E-state index in [-0.39, 0.29) is 17.8 Å². The van der Waals surface area contributed by atoms with E-state index < -0.39 is 41.1 Å². The maximum atomic E-state index is 14.9. The molecule has 2 amide bonds. The van der Waals surface area contributed by atoms with Gasteiger partial charge in [0.1, 0.15) is 17.7 Å². The Morgan fingerprint density at radius 3 is 2.32 bits per heavy atom. The van der Waals surface area contributed by atoms with Crippen LogP contribution in [0.1, 0.15) is 55.6 Å². The monoisotopic (exact) mass is 524 g/mol. The fourth-order valence-electron chi connectivity index (χ4n) is 3.91. The zero-order valence-corrected chi connectivity index (χ0v) is 22.1. The van der Waals surface area contributed by atoms with E-state index in [1.54, 1.807) is 63.3 Å². The van der Waals surface area contributed by atoms with Crippen molar-refractivity contribution in [2.45, 2.75) is 52.1 Å². The highest BCUT2D eigenvalue weighted by Gasteiger charge is 2.31. The van der Waals surface area contributed by atoms with Crippen molar-refractivity contribution in [1.29, 1.82) is 0 Å². The Morgan fingerprint density at radius 1 is 1.11 bits per heavy atom. The van der Waals surface area contributed by atoms with Gasteiger partial charge in [-0.3, -0.25) is 14.4 Å². The molecule has 0 fully saturated rings. The molecule has 3 N–H and O–H groups in total. The van der Waals surface area contributed by atoms with Crippen LogP contribution in [0.25, 0.3) is 5.57 Å². The summed E-state index contributed by atoms with van der Waals surface area (Å²) in [7, 11) is 0. The number of rotatable bonds is 12. The number of aliphatic carboxylic acids is 1. The van der Waals surface area contributed by atoms with E-state index in [0.29, 0.717) is 12.0 Å². The molecule has 0 saturated heterocycles. The predicted octanol–water partition coefficient (Wildman–Crippen LogP) is 5.46. The third-order valence-electron chi connectivity index (χ3n) is 5.92. The number of hydrogen-bond donors (Lipinski definition) is 3. The van der Waals surface area contributed by atoms with E-state index in [2.05, 4.69) is 17.2 Å². The van der Waals surface area contributed by atoms with Crippen molar-refractivity contribution in [3.8, 4) is 0 Å². The van der Waals surface area contributed by atoms with Gasteiger partial charge in [-0.05, 0) is 74.6 Å². The average molecular weight is 525 g/mol. The first-order chi connectivity index (χ1) is 17.9. The average Bonchev–Trinajstić information content (AvgIpc) is 2.84. The molecule has 0 aromatic heterocycles. The Hall–Kier alpha value is -4.07. The van der Waals surface area contributed by atoms with Gasteiger partial charge >= 0.3 is 5.97 Å². The van der Waals surface area contributed by atoms with Crippen LogP contribution in [-0.4, -0.2) is 34.5 Å². The molecule has 2 aromatic rings. The summed E-state index contributed by atoms with van der Waals surface area (Å²) in [5, 5.41) is 14.7. The number of benzene rings is 2. The molecule has 0 aliphatic rings. The maximum Gasteiger partial charge on any atom is 0.306 e. The lowest BCUT2D eigenvalue weighted by Gasteiger charge is -2.30. The molecular formula is C30H34F2N2O4. The van der Waals surface area contributed by atoms with Crippen LogP contribution in [0.4, 0.5) is 8.78 Å². The third kappa shape index (κ3) is 8.80. The van der Waals surface area contributed by atoms with Gasteiger partial charge in [-0.25, -0.2) is 8.78 Å². The highest BCUT2D eigenvalue weighted by atomic mass is 19.1. The largest absolute Gasteiger partial charge is 0.481 e. The van der Waals surface area contributed by atoms with Crippen LogP contribution in [0.5, 0.6) is 0 Å². The van der Waals surface area contributed by atoms with Crippen molar-refractivity contribution in [2.24, 2.45) is 5.92 Å². The molecule has 6 nitrogen and oxygen atoms in total. The molecule has 0 saturated carbocycles. The SMILES string of the molecule is C=C/C=C\C(=C/C)c1ccc(C(=O)N[C@@H](C[C@H](C)C(=O)O)C(=O)NC(C)(C)Cc2ccc(F)cc2)c(F)c1. The Balaban J connectivity index is 2.24.